The van der Waals surface area contributed by atoms with Crippen LogP contribution in [0.2, 0.25) is 0 Å². The predicted molar refractivity (Wildman–Crippen MR) is 83.0 cm³/mol. The number of hydrogen-bond acceptors (Lipinski definition) is 3. The van der Waals surface area contributed by atoms with Crippen LogP contribution in [-0.4, -0.2) is 41.7 Å². The molecule has 20 heavy (non-hydrogen) atoms. The normalized spacial score (nSPS) is 12.0. The topological polar surface area (TPSA) is 52.6 Å². The lowest BCUT2D eigenvalue weighted by molar-refractivity contribution is -0.117. The minimum atomic E-state index is -0.801. The van der Waals surface area contributed by atoms with Crippen LogP contribution >= 0.6 is 0 Å². The Morgan fingerprint density at radius 1 is 1.35 bits per heavy atom. The Morgan fingerprint density at radius 2 is 1.95 bits per heavy atom. The molecule has 0 aliphatic carbocycles. The van der Waals surface area contributed by atoms with Crippen molar-refractivity contribution in [3.8, 4) is 0 Å². The van der Waals surface area contributed by atoms with E-state index < -0.39 is 5.60 Å². The van der Waals surface area contributed by atoms with Crippen LogP contribution < -0.4 is 5.32 Å². The van der Waals surface area contributed by atoms with E-state index in [4.69, 9.17) is 0 Å². The molecule has 112 valence electrons. The third-order valence-corrected chi connectivity index (χ3v) is 2.93. The molecule has 0 unspecified atom stereocenters. The van der Waals surface area contributed by atoms with Crippen LogP contribution in [0.3, 0.4) is 0 Å². The maximum Gasteiger partial charge on any atom is 0.238 e. The van der Waals surface area contributed by atoms with E-state index in [1.807, 2.05) is 36.2 Å². The average molecular weight is 278 g/mol. The number of amides is 1. The zero-order chi connectivity index (χ0) is 15.3. The first kappa shape index (κ1) is 16.7. The fourth-order valence-corrected chi connectivity index (χ4v) is 2.27. The summed E-state index contributed by atoms with van der Waals surface area (Å²) in [5.41, 5.74) is 1.19. The van der Waals surface area contributed by atoms with E-state index in [2.05, 4.69) is 19.2 Å². The van der Waals surface area contributed by atoms with Crippen molar-refractivity contribution < 1.29 is 9.90 Å². The Kier molecular flexibility index (Phi) is 5.72. The summed E-state index contributed by atoms with van der Waals surface area (Å²) < 4.78 is 0. The number of nitrogens with zero attached hydrogens (tertiary/aromatic N) is 1. The molecule has 0 aliphatic rings. The summed E-state index contributed by atoms with van der Waals surface area (Å²) in [6, 6.07) is 7.84. The zero-order valence-electron chi connectivity index (χ0n) is 13.1. The highest BCUT2D eigenvalue weighted by Crippen LogP contribution is 2.23. The number of carbonyl (C=O) groups excluding carboxylic acids is 1. The van der Waals surface area contributed by atoms with Gasteiger partial charge in [-0.05, 0) is 38.4 Å². The molecule has 2 N–H and O–H groups in total. The molecule has 0 radical (unpaired) electrons. The van der Waals surface area contributed by atoms with E-state index in [-0.39, 0.29) is 12.5 Å². The van der Waals surface area contributed by atoms with Gasteiger partial charge in [-0.3, -0.25) is 9.69 Å². The highest BCUT2D eigenvalue weighted by atomic mass is 16.3. The molecular weight excluding hydrogens is 252 g/mol. The smallest absolute Gasteiger partial charge is 0.238 e. The molecule has 0 atom stereocenters. The van der Waals surface area contributed by atoms with Crippen molar-refractivity contribution in [1.29, 1.82) is 0 Å². The van der Waals surface area contributed by atoms with Crippen LogP contribution in [-0.2, 0) is 4.79 Å². The minimum absolute atomic E-state index is 0.0650. The van der Waals surface area contributed by atoms with E-state index >= 15 is 0 Å². The second-order valence-corrected chi connectivity index (χ2v) is 6.27. The van der Waals surface area contributed by atoms with Gasteiger partial charge in [0.1, 0.15) is 0 Å². The summed E-state index contributed by atoms with van der Waals surface area (Å²) in [6.45, 7) is 8.38. The summed E-state index contributed by atoms with van der Waals surface area (Å²) >= 11 is 0. The van der Waals surface area contributed by atoms with Crippen LogP contribution in [0.4, 0.5) is 5.69 Å². The highest BCUT2D eigenvalue weighted by molar-refractivity contribution is 5.93. The van der Waals surface area contributed by atoms with Gasteiger partial charge in [-0.25, -0.2) is 0 Å². The van der Waals surface area contributed by atoms with Gasteiger partial charge < -0.3 is 10.4 Å². The standard InChI is InChI=1S/C16H26N2O2/c1-12(2)13-8-6-7-9-14(13)17-15(19)10-18(5)11-16(3,4)20/h6-9,12,20H,10-11H2,1-5H3,(H,17,19). The fourth-order valence-electron chi connectivity index (χ4n) is 2.27. The lowest BCUT2D eigenvalue weighted by Gasteiger charge is -2.25. The van der Waals surface area contributed by atoms with Crippen molar-refractivity contribution in [2.45, 2.75) is 39.2 Å². The minimum Gasteiger partial charge on any atom is -0.389 e. The Bertz CT molecular complexity index is 450. The van der Waals surface area contributed by atoms with Crippen LogP contribution in [0.1, 0.15) is 39.2 Å². The number of hydrogen-bond donors (Lipinski definition) is 2. The van der Waals surface area contributed by atoms with Crippen LogP contribution in [0.25, 0.3) is 0 Å². The van der Waals surface area contributed by atoms with E-state index in [9.17, 15) is 9.90 Å². The molecule has 0 aliphatic heterocycles. The van der Waals surface area contributed by atoms with Gasteiger partial charge in [-0.1, -0.05) is 32.0 Å². The lowest BCUT2D eigenvalue weighted by atomic mass is 10.0. The van der Waals surface area contributed by atoms with Gasteiger partial charge in [0.05, 0.1) is 12.1 Å². The molecule has 0 heterocycles. The molecule has 1 amide bonds. The Labute approximate surface area is 121 Å². The molecule has 1 aromatic rings. The number of anilines is 1. The van der Waals surface area contributed by atoms with Gasteiger partial charge in [0.15, 0.2) is 0 Å². The second kappa shape index (κ2) is 6.86. The van der Waals surface area contributed by atoms with Crippen molar-refractivity contribution >= 4 is 11.6 Å². The summed E-state index contributed by atoms with van der Waals surface area (Å²) in [5, 5.41) is 12.7. The SMILES string of the molecule is CC(C)c1ccccc1NC(=O)CN(C)CC(C)(C)O. The molecule has 0 saturated heterocycles. The van der Waals surface area contributed by atoms with Crippen molar-refractivity contribution in [3.05, 3.63) is 29.8 Å². The lowest BCUT2D eigenvalue weighted by Crippen LogP contribution is -2.40. The molecular formula is C16H26N2O2. The van der Waals surface area contributed by atoms with Gasteiger partial charge in [0.25, 0.3) is 0 Å². The summed E-state index contributed by atoms with van der Waals surface area (Å²) in [5.74, 6) is 0.297. The molecule has 1 aromatic carbocycles. The quantitative estimate of drug-likeness (QED) is 0.840. The van der Waals surface area contributed by atoms with Gasteiger partial charge in [-0.15, -0.1) is 0 Å². The Morgan fingerprint density at radius 3 is 2.50 bits per heavy atom. The highest BCUT2D eigenvalue weighted by Gasteiger charge is 2.18. The number of rotatable bonds is 6. The number of para-hydroxylation sites is 1. The molecule has 1 rings (SSSR count). The van der Waals surface area contributed by atoms with E-state index in [0.717, 1.165) is 11.3 Å². The second-order valence-electron chi connectivity index (χ2n) is 6.27. The van der Waals surface area contributed by atoms with Gasteiger partial charge in [-0.2, -0.15) is 0 Å². The number of benzene rings is 1. The van der Waals surface area contributed by atoms with Crippen molar-refractivity contribution in [1.82, 2.24) is 4.90 Å². The maximum absolute atomic E-state index is 12.0. The molecule has 4 nitrogen and oxygen atoms in total. The van der Waals surface area contributed by atoms with Gasteiger partial charge >= 0.3 is 0 Å². The van der Waals surface area contributed by atoms with E-state index in [0.29, 0.717) is 12.5 Å². The zero-order valence-corrected chi connectivity index (χ0v) is 13.1. The fraction of sp³-hybridized carbons (Fsp3) is 0.562. The largest absolute Gasteiger partial charge is 0.389 e. The third kappa shape index (κ3) is 5.72. The molecule has 0 bridgehead atoms. The predicted octanol–water partition coefficient (Wildman–Crippen LogP) is 2.45. The maximum atomic E-state index is 12.0. The molecule has 0 fully saturated rings. The van der Waals surface area contributed by atoms with Crippen LogP contribution in [0.5, 0.6) is 0 Å². The van der Waals surface area contributed by atoms with Crippen molar-refractivity contribution in [2.24, 2.45) is 0 Å². The average Bonchev–Trinajstić information content (AvgIpc) is 2.26. The van der Waals surface area contributed by atoms with Crippen LogP contribution in [0, 0.1) is 0 Å². The summed E-state index contributed by atoms with van der Waals surface area (Å²) in [4.78, 5) is 13.9. The number of aliphatic hydroxyl groups is 1. The van der Waals surface area contributed by atoms with Crippen molar-refractivity contribution in [3.63, 3.8) is 0 Å². The molecule has 4 heteroatoms. The molecule has 0 spiro atoms. The number of nitrogens with one attached hydrogen (secondary N) is 1. The number of carbonyl (C=O) groups is 1. The molecule has 0 saturated carbocycles. The Hall–Kier alpha value is -1.39. The van der Waals surface area contributed by atoms with Gasteiger partial charge in [0, 0.05) is 12.2 Å². The monoisotopic (exact) mass is 278 g/mol. The van der Waals surface area contributed by atoms with Gasteiger partial charge in [0.2, 0.25) is 5.91 Å². The summed E-state index contributed by atoms with van der Waals surface area (Å²) in [7, 11) is 1.83. The number of likely N-dealkylation sites (N-methyl/N-ethyl adjacent to an activating group) is 1. The first-order chi connectivity index (χ1) is 9.19. The van der Waals surface area contributed by atoms with E-state index in [1.165, 1.54) is 0 Å². The van der Waals surface area contributed by atoms with E-state index in [1.54, 1.807) is 13.8 Å². The third-order valence-electron chi connectivity index (χ3n) is 2.93. The summed E-state index contributed by atoms with van der Waals surface area (Å²) in [6.07, 6.45) is 0. The van der Waals surface area contributed by atoms with Crippen LogP contribution in [0.15, 0.2) is 24.3 Å². The molecule has 0 aromatic heterocycles. The first-order valence-corrected chi connectivity index (χ1v) is 6.99. The first-order valence-electron chi connectivity index (χ1n) is 6.99. The van der Waals surface area contributed by atoms with Crippen molar-refractivity contribution in [2.75, 3.05) is 25.5 Å². The Balaban J connectivity index is 2.63.